The third kappa shape index (κ3) is 6.66. The maximum Gasteiger partial charge on any atom is 0.246 e. The molecule has 1 amide bonds. The van der Waals surface area contributed by atoms with E-state index in [0.29, 0.717) is 24.7 Å². The van der Waals surface area contributed by atoms with Crippen molar-refractivity contribution in [3.8, 4) is 5.75 Å². The molecule has 0 aliphatic rings. The Hall–Kier alpha value is -3.21. The summed E-state index contributed by atoms with van der Waals surface area (Å²) in [6.45, 7) is 0.747. The first kappa shape index (κ1) is 25.4. The lowest BCUT2D eigenvalue weighted by molar-refractivity contribution is -0.138. The Bertz CT molecular complexity index is 1150. The Kier molecular flexibility index (Phi) is 9.20. The zero-order valence-corrected chi connectivity index (χ0v) is 21.1. The number of ether oxygens (including phenoxy) is 3. The van der Waals surface area contributed by atoms with Crippen LogP contribution in [0.15, 0.2) is 59.4 Å². The van der Waals surface area contributed by atoms with E-state index in [1.807, 2.05) is 36.4 Å². The van der Waals surface area contributed by atoms with Gasteiger partial charge in [-0.3, -0.25) is 4.79 Å². The Labute approximate surface area is 207 Å². The van der Waals surface area contributed by atoms with Crippen molar-refractivity contribution in [2.75, 3.05) is 52.1 Å². The number of hydrogen-bond acceptors (Lipinski definition) is 8. The molecule has 0 unspecified atom stereocenters. The molecule has 0 aliphatic heterocycles. The summed E-state index contributed by atoms with van der Waals surface area (Å²) in [4.78, 5) is 22.6. The lowest BCUT2D eigenvalue weighted by atomic mass is 10.2. The zero-order valence-electron chi connectivity index (χ0n) is 19.5. The van der Waals surface area contributed by atoms with Gasteiger partial charge in [0.15, 0.2) is 6.29 Å². The van der Waals surface area contributed by atoms with Crippen molar-refractivity contribution in [3.63, 3.8) is 0 Å². The van der Waals surface area contributed by atoms with E-state index < -0.39 is 6.29 Å². The molecule has 180 valence electrons. The van der Waals surface area contributed by atoms with Gasteiger partial charge < -0.3 is 29.7 Å². The highest BCUT2D eigenvalue weighted by Crippen LogP contribution is 2.33. The van der Waals surface area contributed by atoms with E-state index in [2.05, 4.69) is 36.5 Å². The highest BCUT2D eigenvalue weighted by molar-refractivity contribution is 9.10. The molecular formula is C24H28BrN5O4. The maximum atomic E-state index is 12.3. The van der Waals surface area contributed by atoms with Gasteiger partial charge in [-0.1, -0.05) is 28.1 Å². The fraction of sp³-hybridized carbons (Fsp3) is 0.292. The number of carbonyl (C=O) groups is 1. The molecule has 0 aliphatic carbocycles. The number of fused-ring (bicyclic) bond motifs is 1. The number of hydrogen-bond donors (Lipinski definition) is 2. The molecule has 3 aromatic rings. The molecule has 0 fully saturated rings. The Balaban J connectivity index is 1.74. The number of likely N-dealkylation sites (N-methyl/N-ethyl adjacent to an activating group) is 1. The van der Waals surface area contributed by atoms with Crippen LogP contribution in [0.3, 0.4) is 0 Å². The standard InChI is InChI=1S/C24H28BrN5O4/c1-30(14-23(33-3)34-4)22(31)9-6-10-26-20-12-18-19(13-21(20)32-2)27-15-28-24(18)29-17-8-5-7-16(25)11-17/h5-9,11-13,15,23,26H,10,14H2,1-4H3,(H,27,28,29). The Morgan fingerprint density at radius 2 is 1.97 bits per heavy atom. The van der Waals surface area contributed by atoms with Crippen molar-refractivity contribution >= 4 is 49.9 Å². The highest BCUT2D eigenvalue weighted by Gasteiger charge is 2.13. The minimum atomic E-state index is -0.468. The summed E-state index contributed by atoms with van der Waals surface area (Å²) < 4.78 is 16.8. The van der Waals surface area contributed by atoms with Crippen LogP contribution in [-0.4, -0.2) is 68.5 Å². The smallest absolute Gasteiger partial charge is 0.246 e. The second kappa shape index (κ2) is 12.3. The summed E-state index contributed by atoms with van der Waals surface area (Å²) in [6.07, 6.45) is 4.30. The molecule has 9 nitrogen and oxygen atoms in total. The number of halogens is 1. The highest BCUT2D eigenvalue weighted by atomic mass is 79.9. The first-order valence-corrected chi connectivity index (χ1v) is 11.3. The predicted molar refractivity (Wildman–Crippen MR) is 137 cm³/mol. The number of methoxy groups -OCH3 is 3. The third-order valence-electron chi connectivity index (χ3n) is 5.04. The molecular weight excluding hydrogens is 502 g/mol. The van der Waals surface area contributed by atoms with Gasteiger partial charge in [-0.25, -0.2) is 9.97 Å². The van der Waals surface area contributed by atoms with Crippen molar-refractivity contribution in [2.24, 2.45) is 0 Å². The lowest BCUT2D eigenvalue weighted by Crippen LogP contribution is -2.35. The van der Waals surface area contributed by atoms with E-state index in [1.165, 1.54) is 31.5 Å². The van der Waals surface area contributed by atoms with Gasteiger partial charge in [0.05, 0.1) is 24.9 Å². The van der Waals surface area contributed by atoms with E-state index in [9.17, 15) is 4.79 Å². The van der Waals surface area contributed by atoms with Crippen LogP contribution in [0.2, 0.25) is 0 Å². The van der Waals surface area contributed by atoms with Crippen molar-refractivity contribution in [3.05, 3.63) is 59.4 Å². The van der Waals surface area contributed by atoms with Gasteiger partial charge in [-0.05, 0) is 24.3 Å². The number of amides is 1. The number of benzene rings is 2. The zero-order chi connectivity index (χ0) is 24.5. The largest absolute Gasteiger partial charge is 0.495 e. The molecule has 10 heteroatoms. The first-order chi connectivity index (χ1) is 16.4. The van der Waals surface area contributed by atoms with Crippen LogP contribution in [0.25, 0.3) is 10.9 Å². The fourth-order valence-electron chi connectivity index (χ4n) is 3.21. The Morgan fingerprint density at radius 3 is 2.68 bits per heavy atom. The van der Waals surface area contributed by atoms with Crippen LogP contribution in [0.5, 0.6) is 5.75 Å². The van der Waals surface area contributed by atoms with E-state index in [4.69, 9.17) is 14.2 Å². The molecule has 2 N–H and O–H groups in total. The predicted octanol–water partition coefficient (Wildman–Crippen LogP) is 4.19. The van der Waals surface area contributed by atoms with E-state index in [1.54, 1.807) is 20.2 Å². The first-order valence-electron chi connectivity index (χ1n) is 10.5. The summed E-state index contributed by atoms with van der Waals surface area (Å²) in [6, 6.07) is 11.6. The summed E-state index contributed by atoms with van der Waals surface area (Å²) in [5.41, 5.74) is 2.40. The van der Waals surface area contributed by atoms with Crippen molar-refractivity contribution in [2.45, 2.75) is 6.29 Å². The average Bonchev–Trinajstić information content (AvgIpc) is 2.84. The molecule has 0 saturated carbocycles. The topological polar surface area (TPSA) is 97.8 Å². The summed E-state index contributed by atoms with van der Waals surface area (Å²) in [5, 5.41) is 7.46. The van der Waals surface area contributed by atoms with Gasteiger partial charge in [-0.2, -0.15) is 0 Å². The number of rotatable bonds is 11. The molecule has 1 heterocycles. The van der Waals surface area contributed by atoms with Crippen molar-refractivity contribution in [1.29, 1.82) is 0 Å². The molecule has 3 rings (SSSR count). The van der Waals surface area contributed by atoms with Crippen LogP contribution in [0, 0.1) is 0 Å². The SMILES string of the molecule is COc1cc2ncnc(Nc3cccc(Br)c3)c2cc1NCC=CC(=O)N(C)CC(OC)OC. The van der Waals surface area contributed by atoms with Crippen LogP contribution >= 0.6 is 15.9 Å². The molecule has 0 spiro atoms. The van der Waals surface area contributed by atoms with Gasteiger partial charge in [0.25, 0.3) is 0 Å². The number of aromatic nitrogens is 2. The molecule has 0 bridgehead atoms. The van der Waals surface area contributed by atoms with Crippen molar-refractivity contribution in [1.82, 2.24) is 14.9 Å². The summed E-state index contributed by atoms with van der Waals surface area (Å²) >= 11 is 3.48. The van der Waals surface area contributed by atoms with Gasteiger partial charge >= 0.3 is 0 Å². The van der Waals surface area contributed by atoms with Gasteiger partial charge in [0.1, 0.15) is 17.9 Å². The van der Waals surface area contributed by atoms with E-state index in [0.717, 1.165) is 26.8 Å². The summed E-state index contributed by atoms with van der Waals surface area (Å²) in [7, 11) is 6.36. The van der Waals surface area contributed by atoms with Crippen LogP contribution < -0.4 is 15.4 Å². The number of nitrogens with zero attached hydrogens (tertiary/aromatic N) is 3. The minimum absolute atomic E-state index is 0.153. The third-order valence-corrected chi connectivity index (χ3v) is 5.53. The van der Waals surface area contributed by atoms with E-state index in [-0.39, 0.29) is 5.91 Å². The molecule has 2 aromatic carbocycles. The number of nitrogens with one attached hydrogen (secondary N) is 2. The van der Waals surface area contributed by atoms with Gasteiger partial charge in [-0.15, -0.1) is 0 Å². The maximum absolute atomic E-state index is 12.3. The molecule has 0 atom stereocenters. The van der Waals surface area contributed by atoms with Crippen molar-refractivity contribution < 1.29 is 19.0 Å². The minimum Gasteiger partial charge on any atom is -0.495 e. The number of carbonyl (C=O) groups excluding carboxylic acids is 1. The fourth-order valence-corrected chi connectivity index (χ4v) is 3.61. The van der Waals surface area contributed by atoms with Gasteiger partial charge in [0.2, 0.25) is 5.91 Å². The average molecular weight is 530 g/mol. The molecule has 34 heavy (non-hydrogen) atoms. The van der Waals surface area contributed by atoms with Crippen LogP contribution in [-0.2, 0) is 14.3 Å². The van der Waals surface area contributed by atoms with Gasteiger partial charge in [0, 0.05) is 55.5 Å². The monoisotopic (exact) mass is 529 g/mol. The normalized spacial score (nSPS) is 11.2. The quantitative estimate of drug-likeness (QED) is 0.282. The number of anilines is 3. The Morgan fingerprint density at radius 1 is 1.18 bits per heavy atom. The summed E-state index contributed by atoms with van der Waals surface area (Å²) in [5.74, 6) is 1.16. The molecule has 0 radical (unpaired) electrons. The van der Waals surface area contributed by atoms with E-state index >= 15 is 0 Å². The molecule has 0 saturated heterocycles. The van der Waals surface area contributed by atoms with Crippen LogP contribution in [0.1, 0.15) is 0 Å². The molecule has 1 aromatic heterocycles. The van der Waals surface area contributed by atoms with Crippen LogP contribution in [0.4, 0.5) is 17.2 Å². The second-order valence-electron chi connectivity index (χ2n) is 7.33. The lowest BCUT2D eigenvalue weighted by Gasteiger charge is -2.20. The second-order valence-corrected chi connectivity index (χ2v) is 8.25.